The zero-order chi connectivity index (χ0) is 21.4. The van der Waals surface area contributed by atoms with Gasteiger partial charge < -0.3 is 4.74 Å². The quantitative estimate of drug-likeness (QED) is 0.179. The summed E-state index contributed by atoms with van der Waals surface area (Å²) in [6, 6.07) is 0. The molecule has 0 saturated carbocycles. The van der Waals surface area contributed by atoms with Crippen LogP contribution in [0.1, 0.15) is 65.7 Å². The average molecular weight is 417 g/mol. The van der Waals surface area contributed by atoms with E-state index in [-0.39, 0.29) is 11.2 Å². The Morgan fingerprint density at radius 1 is 0.690 bits per heavy atom. The minimum Gasteiger partial charge on any atom is -0.465 e. The molecule has 0 radical (unpaired) electrons. The molecule has 0 aliphatic carbocycles. The third kappa shape index (κ3) is 19.4. The maximum absolute atomic E-state index is 11.8. The normalized spacial score (nSPS) is 13.9. The average Bonchev–Trinajstić information content (AvgIpc) is 2.72. The Morgan fingerprint density at radius 2 is 1.10 bits per heavy atom. The molecule has 29 heavy (non-hydrogen) atoms. The number of esters is 1. The van der Waals surface area contributed by atoms with E-state index in [1.165, 1.54) is 0 Å². The van der Waals surface area contributed by atoms with Crippen molar-refractivity contribution >= 4 is 17.7 Å². The highest BCUT2D eigenvalue weighted by molar-refractivity contribution is 8.00. The topological polar surface area (TPSA) is 26.3 Å². The van der Waals surface area contributed by atoms with Crippen molar-refractivity contribution in [2.24, 2.45) is 0 Å². The van der Waals surface area contributed by atoms with E-state index in [0.717, 1.165) is 50.7 Å². The summed E-state index contributed by atoms with van der Waals surface area (Å²) < 4.78 is 5.12. The smallest absolute Gasteiger partial charge is 0.319 e. The van der Waals surface area contributed by atoms with Crippen molar-refractivity contribution in [1.29, 1.82) is 0 Å². The van der Waals surface area contributed by atoms with E-state index in [1.54, 1.807) is 11.8 Å². The highest BCUT2D eigenvalue weighted by Gasteiger charge is 2.17. The van der Waals surface area contributed by atoms with E-state index >= 15 is 0 Å². The summed E-state index contributed by atoms with van der Waals surface area (Å²) in [6.45, 7) is 6.52. The van der Waals surface area contributed by atoms with Gasteiger partial charge in [-0.2, -0.15) is 0 Å². The Labute approximate surface area is 183 Å². The molecule has 0 amide bonds. The van der Waals surface area contributed by atoms with Crippen molar-refractivity contribution in [2.45, 2.75) is 71.0 Å². The Morgan fingerprint density at radius 3 is 1.48 bits per heavy atom. The van der Waals surface area contributed by atoms with Crippen LogP contribution in [0, 0.1) is 0 Å². The molecule has 0 N–H and O–H groups in total. The van der Waals surface area contributed by atoms with Crippen LogP contribution < -0.4 is 0 Å². The van der Waals surface area contributed by atoms with E-state index in [9.17, 15) is 4.79 Å². The largest absolute Gasteiger partial charge is 0.465 e. The third-order valence-electron chi connectivity index (χ3n) is 3.86. The van der Waals surface area contributed by atoms with Crippen LogP contribution in [0.2, 0.25) is 0 Å². The Balaban J connectivity index is 3.81. The predicted octanol–water partition coefficient (Wildman–Crippen LogP) is 7.76. The second-order valence-electron chi connectivity index (χ2n) is 6.35. The first-order chi connectivity index (χ1) is 14.3. The molecule has 1 unspecified atom stereocenters. The van der Waals surface area contributed by atoms with Gasteiger partial charge in [0.15, 0.2) is 0 Å². The minimum atomic E-state index is -0.0983. The number of allylic oxidation sites excluding steroid dienone is 12. The summed E-state index contributed by atoms with van der Waals surface area (Å²) in [4.78, 5) is 11.8. The van der Waals surface area contributed by atoms with Gasteiger partial charge in [-0.25, -0.2) is 0 Å². The number of ether oxygens (including phenoxy) is 1. The monoisotopic (exact) mass is 416 g/mol. The maximum atomic E-state index is 11.8. The zero-order valence-corrected chi connectivity index (χ0v) is 19.4. The van der Waals surface area contributed by atoms with Crippen molar-refractivity contribution < 1.29 is 9.53 Å². The Kier molecular flexibility index (Phi) is 21.2. The van der Waals surface area contributed by atoms with Crippen molar-refractivity contribution in [3.05, 3.63) is 72.9 Å². The van der Waals surface area contributed by atoms with Crippen LogP contribution in [0.4, 0.5) is 0 Å². The molecule has 0 bridgehead atoms. The predicted molar refractivity (Wildman–Crippen MR) is 131 cm³/mol. The lowest BCUT2D eigenvalue weighted by atomic mass is 10.2. The molecule has 3 heteroatoms. The number of hydrogen-bond acceptors (Lipinski definition) is 3. The Bertz CT molecular complexity index is 553. The molecule has 0 aromatic carbocycles. The summed E-state index contributed by atoms with van der Waals surface area (Å²) in [5, 5.41) is -0.0791. The van der Waals surface area contributed by atoms with Crippen LogP contribution >= 0.6 is 11.8 Å². The molecule has 0 rings (SSSR count). The zero-order valence-electron chi connectivity index (χ0n) is 18.6. The molecule has 0 aromatic rings. The summed E-state index contributed by atoms with van der Waals surface area (Å²) in [6.07, 6.45) is 33.0. The fourth-order valence-corrected chi connectivity index (χ4v) is 3.26. The van der Waals surface area contributed by atoms with E-state index in [2.05, 4.69) is 86.8 Å². The van der Waals surface area contributed by atoms with Gasteiger partial charge in [0, 0.05) is 0 Å². The third-order valence-corrected chi connectivity index (χ3v) is 4.98. The fraction of sp³-hybridized carbons (Fsp3) is 0.500. The molecule has 0 heterocycles. The van der Waals surface area contributed by atoms with Gasteiger partial charge in [-0.3, -0.25) is 4.79 Å². The van der Waals surface area contributed by atoms with Gasteiger partial charge in [0.25, 0.3) is 0 Å². The van der Waals surface area contributed by atoms with Gasteiger partial charge in [0.1, 0.15) is 5.25 Å². The van der Waals surface area contributed by atoms with Gasteiger partial charge in [-0.1, -0.05) is 86.8 Å². The number of carbonyl (C=O) groups excluding carboxylic acids is 1. The molecule has 1 atom stereocenters. The molecule has 2 nitrogen and oxygen atoms in total. The van der Waals surface area contributed by atoms with Crippen molar-refractivity contribution in [2.75, 3.05) is 12.4 Å². The summed E-state index contributed by atoms with van der Waals surface area (Å²) in [5.41, 5.74) is 0. The Hall–Kier alpha value is -1.74. The number of rotatable bonds is 17. The first kappa shape index (κ1) is 27.3. The van der Waals surface area contributed by atoms with Crippen LogP contribution in [-0.4, -0.2) is 23.6 Å². The van der Waals surface area contributed by atoms with Crippen LogP contribution in [0.5, 0.6) is 0 Å². The molecule has 0 aliphatic heterocycles. The second-order valence-corrected chi connectivity index (χ2v) is 7.83. The minimum absolute atomic E-state index is 0.0791. The molecule has 0 aromatic heterocycles. The van der Waals surface area contributed by atoms with E-state index in [0.29, 0.717) is 6.61 Å². The SMILES string of the molecule is CC/C=C\C/C=C\C/C=C\C/C=C\C/C=C\C/C=C/CC(SCC)C(=O)OCC. The fourth-order valence-electron chi connectivity index (χ4n) is 2.41. The maximum Gasteiger partial charge on any atom is 0.319 e. The molecule has 0 saturated heterocycles. The van der Waals surface area contributed by atoms with Gasteiger partial charge in [-0.05, 0) is 57.6 Å². The number of hydrogen-bond donors (Lipinski definition) is 0. The molecular formula is C26H40O2S. The van der Waals surface area contributed by atoms with Crippen molar-refractivity contribution in [1.82, 2.24) is 0 Å². The molecule has 0 aliphatic rings. The summed E-state index contributed by atoms with van der Waals surface area (Å²) in [5.74, 6) is 0.824. The number of thioether (sulfide) groups is 1. The number of carbonyl (C=O) groups is 1. The molecular weight excluding hydrogens is 376 g/mol. The lowest BCUT2D eigenvalue weighted by molar-refractivity contribution is -0.142. The summed E-state index contributed by atoms with van der Waals surface area (Å²) >= 11 is 1.65. The standard InChI is InChI=1S/C26H40O2S/c1-4-7-8-9-10-11-12-13-14-15-16-17-18-19-20-21-22-23-24-25(29-6-3)26(27)28-5-2/h7-8,10-11,13-14,16-17,19-20,22-23,25H,4-6,9,12,15,18,21,24H2,1-3H3/b8-7-,11-10-,14-13-,17-16-,20-19-,23-22+. The van der Waals surface area contributed by atoms with Crippen LogP contribution in [0.15, 0.2) is 72.9 Å². The molecule has 0 spiro atoms. The van der Waals surface area contributed by atoms with E-state index < -0.39 is 0 Å². The lowest BCUT2D eigenvalue weighted by Gasteiger charge is -2.11. The van der Waals surface area contributed by atoms with Gasteiger partial charge in [-0.15, -0.1) is 11.8 Å². The van der Waals surface area contributed by atoms with Crippen molar-refractivity contribution in [3.8, 4) is 0 Å². The van der Waals surface area contributed by atoms with Gasteiger partial charge in [0.05, 0.1) is 6.61 Å². The van der Waals surface area contributed by atoms with Crippen LogP contribution in [0.25, 0.3) is 0 Å². The van der Waals surface area contributed by atoms with E-state index in [1.807, 2.05) is 6.92 Å². The van der Waals surface area contributed by atoms with Gasteiger partial charge >= 0.3 is 5.97 Å². The molecule has 0 fully saturated rings. The first-order valence-corrected chi connectivity index (χ1v) is 12.0. The highest BCUT2D eigenvalue weighted by atomic mass is 32.2. The highest BCUT2D eigenvalue weighted by Crippen LogP contribution is 2.16. The van der Waals surface area contributed by atoms with E-state index in [4.69, 9.17) is 4.74 Å². The molecule has 162 valence electrons. The van der Waals surface area contributed by atoms with Crippen LogP contribution in [0.3, 0.4) is 0 Å². The second kappa shape index (κ2) is 22.5. The first-order valence-electron chi connectivity index (χ1n) is 10.9. The van der Waals surface area contributed by atoms with Crippen molar-refractivity contribution in [3.63, 3.8) is 0 Å². The van der Waals surface area contributed by atoms with Crippen LogP contribution in [-0.2, 0) is 9.53 Å². The summed E-state index contributed by atoms with van der Waals surface area (Å²) in [7, 11) is 0. The van der Waals surface area contributed by atoms with Gasteiger partial charge in [0.2, 0.25) is 0 Å². The lowest BCUT2D eigenvalue weighted by Crippen LogP contribution is -2.19.